The lowest BCUT2D eigenvalue weighted by Crippen LogP contribution is -2.12. The minimum absolute atomic E-state index is 0.180. The van der Waals surface area contributed by atoms with E-state index in [9.17, 15) is 0 Å². The first-order chi connectivity index (χ1) is 10.0. The third-order valence-electron chi connectivity index (χ3n) is 3.03. The fraction of sp³-hybridized carbons (Fsp3) is 0.0714. The van der Waals surface area contributed by atoms with Crippen molar-refractivity contribution in [2.75, 3.05) is 11.9 Å². The number of benzene rings is 1. The van der Waals surface area contributed by atoms with Crippen molar-refractivity contribution in [3.05, 3.63) is 51.4 Å². The molecule has 0 unspecified atom stereocenters. The number of pyridine rings is 1. The van der Waals surface area contributed by atoms with Crippen LogP contribution in [0.4, 0.5) is 11.5 Å². The van der Waals surface area contributed by atoms with Crippen molar-refractivity contribution in [1.82, 2.24) is 15.0 Å². The molecule has 4 nitrogen and oxygen atoms in total. The van der Waals surface area contributed by atoms with Crippen LogP contribution in [-0.4, -0.2) is 22.0 Å². The Kier molecular flexibility index (Phi) is 3.97. The monoisotopic (exact) mass is 382 g/mol. The molecule has 0 amide bonds. The van der Waals surface area contributed by atoms with Gasteiger partial charge in [0.1, 0.15) is 10.4 Å². The van der Waals surface area contributed by atoms with Crippen LogP contribution in [0.25, 0.3) is 10.9 Å². The molecule has 2 aromatic heterocycles. The van der Waals surface area contributed by atoms with Crippen molar-refractivity contribution < 1.29 is 0 Å². The van der Waals surface area contributed by atoms with Crippen molar-refractivity contribution in [2.45, 2.75) is 0 Å². The van der Waals surface area contributed by atoms with Gasteiger partial charge in [0.05, 0.1) is 5.52 Å². The minimum atomic E-state index is 0.180. The first-order valence-corrected chi connectivity index (χ1v) is 7.57. The summed E-state index contributed by atoms with van der Waals surface area (Å²) in [5.74, 6) is 0.708. The molecule has 0 saturated carbocycles. The smallest absolute Gasteiger partial charge is 0.224 e. The summed E-state index contributed by atoms with van der Waals surface area (Å²) in [5.41, 5.74) is 1.64. The lowest BCUT2D eigenvalue weighted by molar-refractivity contribution is 1.10. The van der Waals surface area contributed by atoms with Gasteiger partial charge in [-0.2, -0.15) is 4.98 Å². The number of nitrogens with zero attached hydrogens (tertiary/aromatic N) is 4. The quantitative estimate of drug-likeness (QED) is 0.468. The molecule has 0 radical (unpaired) electrons. The van der Waals surface area contributed by atoms with Gasteiger partial charge in [-0.05, 0) is 57.9 Å². The topological polar surface area (TPSA) is 41.9 Å². The van der Waals surface area contributed by atoms with Gasteiger partial charge in [-0.3, -0.25) is 0 Å². The average Bonchev–Trinajstić information content (AvgIpc) is 2.45. The Balaban J connectivity index is 2.19. The van der Waals surface area contributed by atoms with Crippen LogP contribution in [0.15, 0.2) is 41.1 Å². The summed E-state index contributed by atoms with van der Waals surface area (Å²) < 4.78 is 0.749. The zero-order chi connectivity index (χ0) is 15.0. The predicted octanol–water partition coefficient (Wildman–Crippen LogP) is 4.86. The first kappa shape index (κ1) is 14.5. The zero-order valence-corrected chi connectivity index (χ0v) is 14.0. The molecule has 21 heavy (non-hydrogen) atoms. The van der Waals surface area contributed by atoms with Crippen LogP contribution in [-0.2, 0) is 0 Å². The number of fused-ring (bicyclic) bond motifs is 1. The molecule has 0 N–H and O–H groups in total. The van der Waals surface area contributed by atoms with Crippen LogP contribution >= 0.6 is 39.1 Å². The molecule has 2 heterocycles. The Bertz CT molecular complexity index is 820. The molecule has 0 spiro atoms. The van der Waals surface area contributed by atoms with E-state index in [1.807, 2.05) is 30.1 Å². The number of anilines is 2. The summed E-state index contributed by atoms with van der Waals surface area (Å²) >= 11 is 15.4. The van der Waals surface area contributed by atoms with E-state index in [0.29, 0.717) is 16.4 Å². The van der Waals surface area contributed by atoms with E-state index in [1.165, 1.54) is 0 Å². The maximum atomic E-state index is 6.03. The molecule has 7 heteroatoms. The van der Waals surface area contributed by atoms with Gasteiger partial charge in [0.25, 0.3) is 0 Å². The molecule has 1 aromatic carbocycles. The molecule has 0 atom stereocenters. The van der Waals surface area contributed by atoms with E-state index < -0.39 is 0 Å². The Morgan fingerprint density at radius 2 is 1.90 bits per heavy atom. The summed E-state index contributed by atoms with van der Waals surface area (Å²) in [6, 6.07) is 9.25. The second kappa shape index (κ2) is 5.75. The molecule has 3 aromatic rings. The Morgan fingerprint density at radius 1 is 1.10 bits per heavy atom. The number of halogens is 3. The summed E-state index contributed by atoms with van der Waals surface area (Å²) in [6.45, 7) is 0. The van der Waals surface area contributed by atoms with Crippen LogP contribution < -0.4 is 4.90 Å². The van der Waals surface area contributed by atoms with Gasteiger partial charge < -0.3 is 4.90 Å². The second-order valence-corrected chi connectivity index (χ2v) is 5.96. The third-order valence-corrected chi connectivity index (χ3v) is 3.86. The Hall–Kier alpha value is -1.43. The fourth-order valence-electron chi connectivity index (χ4n) is 2.04. The fourth-order valence-corrected chi connectivity index (χ4v) is 2.73. The molecule has 0 aliphatic carbocycles. The highest BCUT2D eigenvalue weighted by Gasteiger charge is 2.13. The SMILES string of the molecule is CN(c1ccnc(Br)c1)c1nc(Cl)nc2cc(Cl)ccc12. The standard InChI is InChI=1S/C14H9BrCl2N4/c1-21(9-4-5-18-12(15)7-9)13-10-3-2-8(16)6-11(10)19-14(17)20-13/h2-7H,1H3. The molecule has 0 bridgehead atoms. The van der Waals surface area contributed by atoms with E-state index in [0.717, 1.165) is 15.7 Å². The molecule has 0 fully saturated rings. The van der Waals surface area contributed by atoms with Gasteiger partial charge in [0, 0.05) is 29.3 Å². The van der Waals surface area contributed by atoms with Gasteiger partial charge in [-0.15, -0.1) is 0 Å². The highest BCUT2D eigenvalue weighted by molar-refractivity contribution is 9.10. The highest BCUT2D eigenvalue weighted by atomic mass is 79.9. The normalized spacial score (nSPS) is 10.9. The van der Waals surface area contributed by atoms with Crippen molar-refractivity contribution >= 4 is 61.5 Å². The average molecular weight is 384 g/mol. The molecule has 0 saturated heterocycles. The van der Waals surface area contributed by atoms with Crippen LogP contribution in [0, 0.1) is 0 Å². The molecule has 3 rings (SSSR count). The maximum Gasteiger partial charge on any atom is 0.224 e. The summed E-state index contributed by atoms with van der Waals surface area (Å²) in [6.07, 6.45) is 1.72. The molecule has 106 valence electrons. The summed E-state index contributed by atoms with van der Waals surface area (Å²) in [5, 5.41) is 1.66. The van der Waals surface area contributed by atoms with Crippen LogP contribution in [0.1, 0.15) is 0 Å². The van der Waals surface area contributed by atoms with Gasteiger partial charge in [0.15, 0.2) is 0 Å². The van der Waals surface area contributed by atoms with E-state index in [-0.39, 0.29) is 5.28 Å². The molecule has 0 aliphatic rings. The summed E-state index contributed by atoms with van der Waals surface area (Å²) in [4.78, 5) is 14.6. The van der Waals surface area contributed by atoms with Crippen LogP contribution in [0.3, 0.4) is 0 Å². The molecular weight excluding hydrogens is 375 g/mol. The predicted molar refractivity (Wildman–Crippen MR) is 89.6 cm³/mol. The van der Waals surface area contributed by atoms with Gasteiger partial charge in [-0.25, -0.2) is 9.97 Å². The largest absolute Gasteiger partial charge is 0.329 e. The van der Waals surface area contributed by atoms with Gasteiger partial charge in [0.2, 0.25) is 5.28 Å². The lowest BCUT2D eigenvalue weighted by atomic mass is 10.2. The van der Waals surface area contributed by atoms with E-state index in [2.05, 4.69) is 30.9 Å². The lowest BCUT2D eigenvalue weighted by Gasteiger charge is -2.20. The van der Waals surface area contributed by atoms with Gasteiger partial charge >= 0.3 is 0 Å². The van der Waals surface area contributed by atoms with E-state index >= 15 is 0 Å². The number of rotatable bonds is 2. The van der Waals surface area contributed by atoms with Crippen LogP contribution in [0.2, 0.25) is 10.3 Å². The number of hydrogen-bond acceptors (Lipinski definition) is 4. The Morgan fingerprint density at radius 3 is 2.67 bits per heavy atom. The van der Waals surface area contributed by atoms with Crippen molar-refractivity contribution in [2.24, 2.45) is 0 Å². The summed E-state index contributed by atoms with van der Waals surface area (Å²) in [7, 11) is 1.91. The van der Waals surface area contributed by atoms with Crippen molar-refractivity contribution in [3.63, 3.8) is 0 Å². The van der Waals surface area contributed by atoms with Crippen LogP contribution in [0.5, 0.6) is 0 Å². The Labute approximate surface area is 139 Å². The number of aromatic nitrogens is 3. The zero-order valence-electron chi connectivity index (χ0n) is 10.9. The maximum absolute atomic E-state index is 6.03. The van der Waals surface area contributed by atoms with Crippen molar-refractivity contribution in [3.8, 4) is 0 Å². The molecule has 0 aliphatic heterocycles. The number of hydrogen-bond donors (Lipinski definition) is 0. The first-order valence-electron chi connectivity index (χ1n) is 6.02. The van der Waals surface area contributed by atoms with E-state index in [1.54, 1.807) is 18.3 Å². The minimum Gasteiger partial charge on any atom is -0.329 e. The highest BCUT2D eigenvalue weighted by Crippen LogP contribution is 2.31. The third kappa shape index (κ3) is 2.95. The van der Waals surface area contributed by atoms with Gasteiger partial charge in [-0.1, -0.05) is 11.6 Å². The second-order valence-electron chi connectivity index (χ2n) is 4.37. The molecular formula is C14H9BrCl2N4. The van der Waals surface area contributed by atoms with Crippen molar-refractivity contribution in [1.29, 1.82) is 0 Å². The van der Waals surface area contributed by atoms with E-state index in [4.69, 9.17) is 23.2 Å².